The van der Waals surface area contributed by atoms with Crippen molar-refractivity contribution >= 4 is 16.8 Å². The Morgan fingerprint density at radius 3 is 2.58 bits per heavy atom. The van der Waals surface area contributed by atoms with Crippen LogP contribution in [0.25, 0.3) is 0 Å². The van der Waals surface area contributed by atoms with Crippen molar-refractivity contribution in [3.05, 3.63) is 33.7 Å². The van der Waals surface area contributed by atoms with Gasteiger partial charge in [-0.2, -0.15) is 0 Å². The Morgan fingerprint density at radius 1 is 1.58 bits per heavy atom. The van der Waals surface area contributed by atoms with Crippen LogP contribution in [0.4, 0.5) is 0 Å². The normalized spacial score (nSPS) is 9.92. The van der Waals surface area contributed by atoms with E-state index in [0.29, 0.717) is 11.1 Å². The van der Waals surface area contributed by atoms with Gasteiger partial charge in [-0.05, 0) is 24.6 Å². The fourth-order valence-electron chi connectivity index (χ4n) is 0.985. The molecule has 1 rings (SSSR count). The lowest BCUT2D eigenvalue weighted by Crippen LogP contribution is -2.19. The first-order chi connectivity index (χ1) is 5.52. The summed E-state index contributed by atoms with van der Waals surface area (Å²) in [7, 11) is 1.58. The number of halogens is 1. The average Bonchev–Trinajstić information content (AvgIpc) is 1.99. The number of rotatable bonds is 1. The molecule has 0 bridgehead atoms. The number of pyridine rings is 1. The van der Waals surface area contributed by atoms with E-state index in [1.807, 2.05) is 0 Å². The second-order valence-corrected chi connectivity index (χ2v) is 2.94. The lowest BCUT2D eigenvalue weighted by molar-refractivity contribution is 0.108. The van der Waals surface area contributed by atoms with Crippen molar-refractivity contribution in [1.29, 1.82) is 0 Å². The van der Waals surface area contributed by atoms with Crippen molar-refractivity contribution in [2.75, 3.05) is 0 Å². The second-order valence-electron chi connectivity index (χ2n) is 2.60. The van der Waals surface area contributed by atoms with Crippen LogP contribution >= 0.6 is 11.6 Å². The zero-order valence-corrected chi connectivity index (χ0v) is 7.55. The van der Waals surface area contributed by atoms with E-state index < -0.39 is 5.24 Å². The van der Waals surface area contributed by atoms with Gasteiger partial charge in [0.1, 0.15) is 0 Å². The molecule has 0 N–H and O–H groups in total. The van der Waals surface area contributed by atoms with Crippen molar-refractivity contribution in [3.8, 4) is 0 Å². The lowest BCUT2D eigenvalue weighted by atomic mass is 10.2. The maximum atomic E-state index is 11.2. The molecule has 0 aliphatic rings. The summed E-state index contributed by atoms with van der Waals surface area (Å²) < 4.78 is 1.34. The molecule has 0 unspecified atom stereocenters. The Hall–Kier alpha value is -1.09. The number of carbonyl (C=O) groups is 1. The third-order valence-electron chi connectivity index (χ3n) is 1.59. The van der Waals surface area contributed by atoms with Crippen LogP contribution in [0.3, 0.4) is 0 Å². The highest BCUT2D eigenvalue weighted by atomic mass is 35.5. The molecule has 1 aromatic rings. The summed E-state index contributed by atoms with van der Waals surface area (Å²) in [6.07, 6.45) is 1.42. The minimum Gasteiger partial charge on any atom is -0.318 e. The molecule has 0 atom stereocenters. The van der Waals surface area contributed by atoms with Gasteiger partial charge in [-0.1, -0.05) is 0 Å². The topological polar surface area (TPSA) is 39.1 Å². The third kappa shape index (κ3) is 1.56. The highest BCUT2D eigenvalue weighted by Gasteiger charge is 2.04. The molecule has 0 saturated heterocycles. The SMILES string of the molecule is Cc1cc(C(=O)Cl)cn(C)c1=O. The van der Waals surface area contributed by atoms with E-state index in [-0.39, 0.29) is 5.56 Å². The maximum absolute atomic E-state index is 11.2. The quantitative estimate of drug-likeness (QED) is 0.614. The fraction of sp³-hybridized carbons (Fsp3) is 0.250. The van der Waals surface area contributed by atoms with E-state index in [4.69, 9.17) is 11.6 Å². The van der Waals surface area contributed by atoms with Gasteiger partial charge in [0, 0.05) is 18.8 Å². The Labute approximate surface area is 74.6 Å². The first kappa shape index (κ1) is 9.00. The van der Waals surface area contributed by atoms with Crippen LogP contribution < -0.4 is 5.56 Å². The number of carbonyl (C=O) groups excluding carboxylic acids is 1. The van der Waals surface area contributed by atoms with Crippen LogP contribution in [-0.2, 0) is 7.05 Å². The molecular weight excluding hydrogens is 178 g/mol. The predicted molar refractivity (Wildman–Crippen MR) is 46.6 cm³/mol. The van der Waals surface area contributed by atoms with Gasteiger partial charge in [0.25, 0.3) is 10.8 Å². The summed E-state index contributed by atoms with van der Waals surface area (Å²) >= 11 is 5.25. The van der Waals surface area contributed by atoms with E-state index >= 15 is 0 Å². The van der Waals surface area contributed by atoms with Gasteiger partial charge in [-0.3, -0.25) is 9.59 Å². The Kier molecular flexibility index (Phi) is 2.33. The Bertz CT molecular complexity index is 355. The van der Waals surface area contributed by atoms with Crippen molar-refractivity contribution in [3.63, 3.8) is 0 Å². The molecule has 0 fully saturated rings. The number of aryl methyl sites for hydroxylation is 2. The number of nitrogens with zero attached hydrogens (tertiary/aromatic N) is 1. The minimum absolute atomic E-state index is 0.114. The van der Waals surface area contributed by atoms with E-state index in [1.165, 1.54) is 16.8 Å². The molecule has 0 saturated carbocycles. The molecule has 0 spiro atoms. The monoisotopic (exact) mass is 185 g/mol. The van der Waals surface area contributed by atoms with E-state index in [1.54, 1.807) is 14.0 Å². The summed E-state index contributed by atoms with van der Waals surface area (Å²) in [4.78, 5) is 21.9. The highest BCUT2D eigenvalue weighted by molar-refractivity contribution is 6.67. The molecule has 0 radical (unpaired) electrons. The summed E-state index contributed by atoms with van der Waals surface area (Å²) in [5.41, 5.74) is 0.747. The van der Waals surface area contributed by atoms with Crippen LogP contribution in [0.2, 0.25) is 0 Å². The van der Waals surface area contributed by atoms with E-state index in [2.05, 4.69) is 0 Å². The lowest BCUT2D eigenvalue weighted by Gasteiger charge is -2.00. The van der Waals surface area contributed by atoms with Crippen molar-refractivity contribution in [2.24, 2.45) is 7.05 Å². The van der Waals surface area contributed by atoms with Gasteiger partial charge in [-0.25, -0.2) is 0 Å². The first-order valence-corrected chi connectivity index (χ1v) is 3.77. The first-order valence-electron chi connectivity index (χ1n) is 3.39. The van der Waals surface area contributed by atoms with Gasteiger partial charge in [-0.15, -0.1) is 0 Å². The molecule has 0 amide bonds. The minimum atomic E-state index is -0.547. The second kappa shape index (κ2) is 3.11. The molecule has 4 heteroatoms. The van der Waals surface area contributed by atoms with Gasteiger partial charge < -0.3 is 4.57 Å². The fourth-order valence-corrected chi connectivity index (χ4v) is 1.09. The molecule has 1 heterocycles. The average molecular weight is 186 g/mol. The molecule has 3 nitrogen and oxygen atoms in total. The smallest absolute Gasteiger partial charge is 0.253 e. The largest absolute Gasteiger partial charge is 0.318 e. The van der Waals surface area contributed by atoms with Gasteiger partial charge in [0.15, 0.2) is 0 Å². The van der Waals surface area contributed by atoms with Crippen LogP contribution in [0.5, 0.6) is 0 Å². The molecule has 12 heavy (non-hydrogen) atoms. The van der Waals surface area contributed by atoms with Gasteiger partial charge in [0.05, 0.1) is 5.56 Å². The van der Waals surface area contributed by atoms with E-state index in [0.717, 1.165) is 0 Å². The molecule has 0 aliphatic carbocycles. The third-order valence-corrected chi connectivity index (χ3v) is 1.81. The maximum Gasteiger partial charge on any atom is 0.253 e. The molecule has 1 aromatic heterocycles. The predicted octanol–water partition coefficient (Wildman–Crippen LogP) is 1.07. The molecular formula is C8H8ClNO2. The number of hydrogen-bond donors (Lipinski definition) is 0. The van der Waals surface area contributed by atoms with Gasteiger partial charge >= 0.3 is 0 Å². The molecule has 64 valence electrons. The highest BCUT2D eigenvalue weighted by Crippen LogP contribution is 2.02. The van der Waals surface area contributed by atoms with Crippen LogP contribution in [0, 0.1) is 6.92 Å². The van der Waals surface area contributed by atoms with Crippen LogP contribution in [0.15, 0.2) is 17.1 Å². The number of hydrogen-bond acceptors (Lipinski definition) is 2. The summed E-state index contributed by atoms with van der Waals surface area (Å²) in [6.45, 7) is 1.64. The summed E-state index contributed by atoms with van der Waals surface area (Å²) in [5.74, 6) is 0. The molecule has 0 aromatic carbocycles. The zero-order valence-electron chi connectivity index (χ0n) is 6.80. The zero-order chi connectivity index (χ0) is 9.30. The van der Waals surface area contributed by atoms with Crippen LogP contribution in [-0.4, -0.2) is 9.81 Å². The Balaban J connectivity index is 3.41. The summed E-state index contributed by atoms with van der Waals surface area (Å²) in [6, 6.07) is 1.48. The van der Waals surface area contributed by atoms with E-state index in [9.17, 15) is 9.59 Å². The van der Waals surface area contributed by atoms with Gasteiger partial charge in [0.2, 0.25) is 0 Å². The number of aromatic nitrogens is 1. The summed E-state index contributed by atoms with van der Waals surface area (Å²) in [5, 5.41) is -0.547. The molecule has 0 aliphatic heterocycles. The van der Waals surface area contributed by atoms with Crippen molar-refractivity contribution in [1.82, 2.24) is 4.57 Å². The van der Waals surface area contributed by atoms with Crippen molar-refractivity contribution < 1.29 is 4.79 Å². The van der Waals surface area contributed by atoms with Crippen LogP contribution in [0.1, 0.15) is 15.9 Å². The Morgan fingerprint density at radius 2 is 2.17 bits per heavy atom. The standard InChI is InChI=1S/C8H8ClNO2/c1-5-3-6(7(9)11)4-10(2)8(5)12/h3-4H,1-2H3. The van der Waals surface area contributed by atoms with Crippen molar-refractivity contribution in [2.45, 2.75) is 6.92 Å².